The molecular weight excluding hydrogens is 220 g/mol. The van der Waals surface area contributed by atoms with E-state index in [1.807, 2.05) is 31.2 Å². The molecule has 0 amide bonds. The molecule has 4 nitrogen and oxygen atoms in total. The van der Waals surface area contributed by atoms with Gasteiger partial charge in [-0.1, -0.05) is 12.1 Å². The van der Waals surface area contributed by atoms with Gasteiger partial charge in [-0.3, -0.25) is 0 Å². The van der Waals surface area contributed by atoms with Gasteiger partial charge in [0.1, 0.15) is 18.0 Å². The van der Waals surface area contributed by atoms with E-state index >= 15 is 0 Å². The molecular formula is C13H18O4. The smallest absolute Gasteiger partial charge is 0.118 e. The number of ether oxygens (including phenoxy) is 3. The number of benzene rings is 1. The third-order valence-corrected chi connectivity index (χ3v) is 2.94. The third-order valence-electron chi connectivity index (χ3n) is 2.94. The Hall–Kier alpha value is -1.10. The first-order valence-corrected chi connectivity index (χ1v) is 5.75. The summed E-state index contributed by atoms with van der Waals surface area (Å²) in [4.78, 5) is 0. The van der Waals surface area contributed by atoms with Crippen LogP contribution in [0.2, 0.25) is 0 Å². The minimum absolute atomic E-state index is 0.00857. The highest BCUT2D eigenvalue weighted by Gasteiger charge is 2.42. The van der Waals surface area contributed by atoms with E-state index in [0.717, 1.165) is 11.3 Å². The van der Waals surface area contributed by atoms with E-state index < -0.39 is 0 Å². The van der Waals surface area contributed by atoms with Crippen LogP contribution in [0.15, 0.2) is 24.3 Å². The number of rotatable bonds is 6. The molecule has 1 fully saturated rings. The molecule has 1 aliphatic heterocycles. The number of aliphatic hydroxyl groups excluding tert-OH is 1. The molecule has 2 rings (SSSR count). The maximum absolute atomic E-state index is 8.87. The Morgan fingerprint density at radius 2 is 2.06 bits per heavy atom. The second kappa shape index (κ2) is 5.49. The summed E-state index contributed by atoms with van der Waals surface area (Å²) in [7, 11) is 1.65. The highest BCUT2D eigenvalue weighted by molar-refractivity contribution is 5.26. The van der Waals surface area contributed by atoms with Gasteiger partial charge < -0.3 is 19.3 Å². The van der Waals surface area contributed by atoms with Crippen LogP contribution in [0.4, 0.5) is 0 Å². The lowest BCUT2D eigenvalue weighted by atomic mass is 10.2. The lowest BCUT2D eigenvalue weighted by Crippen LogP contribution is -2.18. The fraction of sp³-hybridized carbons (Fsp3) is 0.538. The average Bonchev–Trinajstić information content (AvgIpc) is 3.16. The van der Waals surface area contributed by atoms with E-state index in [-0.39, 0.29) is 24.9 Å². The SMILES string of the molecule is COc1ccc(CO[C@@H](C)[C@@H]2O[C@H]2CO)cc1. The molecule has 1 heterocycles. The molecule has 0 saturated carbocycles. The van der Waals surface area contributed by atoms with E-state index in [0.29, 0.717) is 6.61 Å². The second-order valence-corrected chi connectivity index (χ2v) is 4.19. The summed E-state index contributed by atoms with van der Waals surface area (Å²) >= 11 is 0. The maximum Gasteiger partial charge on any atom is 0.118 e. The minimum atomic E-state index is -0.0409. The van der Waals surface area contributed by atoms with Crippen molar-refractivity contribution >= 4 is 0 Å². The van der Waals surface area contributed by atoms with Gasteiger partial charge >= 0.3 is 0 Å². The Balaban J connectivity index is 1.77. The minimum Gasteiger partial charge on any atom is -0.497 e. The number of aliphatic hydroxyl groups is 1. The van der Waals surface area contributed by atoms with Crippen LogP contribution in [0.3, 0.4) is 0 Å². The van der Waals surface area contributed by atoms with Crippen LogP contribution in [-0.2, 0) is 16.1 Å². The zero-order valence-corrected chi connectivity index (χ0v) is 10.1. The number of hydrogen-bond donors (Lipinski definition) is 1. The topological polar surface area (TPSA) is 51.2 Å². The largest absolute Gasteiger partial charge is 0.497 e. The summed E-state index contributed by atoms with van der Waals surface area (Å²) in [6.45, 7) is 2.58. The predicted octanol–water partition coefficient (Wildman–Crippen LogP) is 1.36. The molecule has 1 aromatic rings. The van der Waals surface area contributed by atoms with Crippen molar-refractivity contribution in [2.24, 2.45) is 0 Å². The highest BCUT2D eigenvalue weighted by atomic mass is 16.6. The first-order chi connectivity index (χ1) is 8.24. The normalized spacial score (nSPS) is 24.4. The van der Waals surface area contributed by atoms with Crippen LogP contribution in [-0.4, -0.2) is 37.1 Å². The fourth-order valence-electron chi connectivity index (χ4n) is 1.76. The Labute approximate surface area is 101 Å². The van der Waals surface area contributed by atoms with E-state index in [2.05, 4.69) is 0 Å². The van der Waals surface area contributed by atoms with Crippen LogP contribution in [0.25, 0.3) is 0 Å². The lowest BCUT2D eigenvalue weighted by molar-refractivity contribution is 0.0339. The van der Waals surface area contributed by atoms with E-state index in [4.69, 9.17) is 19.3 Å². The number of methoxy groups -OCH3 is 1. The summed E-state index contributed by atoms with van der Waals surface area (Å²) in [5.41, 5.74) is 1.10. The summed E-state index contributed by atoms with van der Waals surface area (Å²) < 4.78 is 16.0. The van der Waals surface area contributed by atoms with Crippen LogP contribution >= 0.6 is 0 Å². The van der Waals surface area contributed by atoms with Gasteiger partial charge in [-0.25, -0.2) is 0 Å². The predicted molar refractivity (Wildman–Crippen MR) is 63.0 cm³/mol. The van der Waals surface area contributed by atoms with Crippen molar-refractivity contribution in [1.82, 2.24) is 0 Å². The van der Waals surface area contributed by atoms with Crippen LogP contribution in [0.1, 0.15) is 12.5 Å². The van der Waals surface area contributed by atoms with Crippen molar-refractivity contribution in [1.29, 1.82) is 0 Å². The molecule has 0 unspecified atom stereocenters. The van der Waals surface area contributed by atoms with Gasteiger partial charge in [0.15, 0.2) is 0 Å². The molecule has 1 N–H and O–H groups in total. The molecule has 0 aliphatic carbocycles. The third kappa shape index (κ3) is 3.19. The summed E-state index contributed by atoms with van der Waals surface area (Å²) in [6.07, 6.45) is 0.00775. The van der Waals surface area contributed by atoms with Gasteiger partial charge in [0.2, 0.25) is 0 Å². The van der Waals surface area contributed by atoms with Crippen LogP contribution < -0.4 is 4.74 Å². The maximum atomic E-state index is 8.87. The summed E-state index contributed by atoms with van der Waals surface area (Å²) in [5, 5.41) is 8.87. The number of hydrogen-bond acceptors (Lipinski definition) is 4. The Morgan fingerprint density at radius 3 is 2.59 bits per heavy atom. The Bertz CT molecular complexity index is 349. The quantitative estimate of drug-likeness (QED) is 0.760. The Kier molecular flexibility index (Phi) is 3.99. The Morgan fingerprint density at radius 1 is 1.35 bits per heavy atom. The standard InChI is InChI=1S/C13H18O4/c1-9(13-12(7-14)17-13)16-8-10-3-5-11(15-2)6-4-10/h3-6,9,12-14H,7-8H2,1-2H3/t9-,12-,13-/m0/s1. The van der Waals surface area contributed by atoms with E-state index in [9.17, 15) is 0 Å². The molecule has 0 aromatic heterocycles. The average molecular weight is 238 g/mol. The molecule has 0 bridgehead atoms. The van der Waals surface area contributed by atoms with Crippen molar-refractivity contribution in [3.63, 3.8) is 0 Å². The monoisotopic (exact) mass is 238 g/mol. The first kappa shape index (κ1) is 12.4. The first-order valence-electron chi connectivity index (χ1n) is 5.75. The zero-order chi connectivity index (χ0) is 12.3. The molecule has 4 heteroatoms. The molecule has 3 atom stereocenters. The molecule has 1 aromatic carbocycles. The van der Waals surface area contributed by atoms with Gasteiger partial charge in [-0.2, -0.15) is 0 Å². The lowest BCUT2D eigenvalue weighted by Gasteiger charge is -2.10. The molecule has 94 valence electrons. The van der Waals surface area contributed by atoms with Crippen molar-refractivity contribution < 1.29 is 19.3 Å². The zero-order valence-electron chi connectivity index (χ0n) is 10.1. The number of epoxide rings is 1. The molecule has 0 spiro atoms. The van der Waals surface area contributed by atoms with Gasteiger partial charge in [0.25, 0.3) is 0 Å². The van der Waals surface area contributed by atoms with Crippen molar-refractivity contribution in [2.75, 3.05) is 13.7 Å². The molecule has 1 aliphatic rings. The van der Waals surface area contributed by atoms with Gasteiger partial charge in [0, 0.05) is 0 Å². The van der Waals surface area contributed by atoms with Gasteiger partial charge in [-0.05, 0) is 24.6 Å². The summed E-state index contributed by atoms with van der Waals surface area (Å²) in [6, 6.07) is 7.77. The molecule has 17 heavy (non-hydrogen) atoms. The van der Waals surface area contributed by atoms with E-state index in [1.165, 1.54) is 0 Å². The van der Waals surface area contributed by atoms with Gasteiger partial charge in [-0.15, -0.1) is 0 Å². The highest BCUT2D eigenvalue weighted by Crippen LogP contribution is 2.27. The van der Waals surface area contributed by atoms with Crippen molar-refractivity contribution in [3.05, 3.63) is 29.8 Å². The molecule has 1 saturated heterocycles. The van der Waals surface area contributed by atoms with Crippen molar-refractivity contribution in [2.45, 2.75) is 31.8 Å². The van der Waals surface area contributed by atoms with Crippen LogP contribution in [0.5, 0.6) is 5.75 Å². The second-order valence-electron chi connectivity index (χ2n) is 4.19. The van der Waals surface area contributed by atoms with Crippen molar-refractivity contribution in [3.8, 4) is 5.75 Å². The van der Waals surface area contributed by atoms with Gasteiger partial charge in [0.05, 0.1) is 26.4 Å². The van der Waals surface area contributed by atoms with Crippen LogP contribution in [0, 0.1) is 0 Å². The summed E-state index contributed by atoms with van der Waals surface area (Å²) in [5.74, 6) is 0.840. The molecule has 0 radical (unpaired) electrons. The van der Waals surface area contributed by atoms with E-state index in [1.54, 1.807) is 7.11 Å². The fourth-order valence-corrected chi connectivity index (χ4v) is 1.76.